The van der Waals surface area contributed by atoms with Crippen LogP contribution in [0.5, 0.6) is 11.5 Å². The number of ether oxygens (including phenoxy) is 1. The van der Waals surface area contributed by atoms with E-state index in [2.05, 4.69) is 0 Å². The normalized spacial score (nSPS) is 17.2. The Balaban J connectivity index is 1.93. The second kappa shape index (κ2) is 10.7. The maximum absolute atomic E-state index is 12.1. The fourth-order valence-electron chi connectivity index (χ4n) is 3.25. The number of nitrogens with two attached hydrogens (primary N) is 1. The van der Waals surface area contributed by atoms with Crippen molar-refractivity contribution in [1.82, 2.24) is 4.90 Å². The summed E-state index contributed by atoms with van der Waals surface area (Å²) in [5, 5.41) is 38.2. The molecule has 1 aliphatic heterocycles. The van der Waals surface area contributed by atoms with E-state index in [4.69, 9.17) is 10.5 Å². The molecule has 1 saturated heterocycles. The quantitative estimate of drug-likeness (QED) is 0.259. The van der Waals surface area contributed by atoms with E-state index < -0.39 is 24.0 Å². The molecule has 0 aliphatic carbocycles. The highest BCUT2D eigenvalue weighted by Gasteiger charge is 2.28. The number of thioether (sulfide) groups is 1. The highest BCUT2D eigenvalue weighted by molar-refractivity contribution is 8.01. The topological polar surface area (TPSA) is 154 Å². The highest BCUT2D eigenvalue weighted by Crippen LogP contribution is 2.33. The molecule has 0 spiro atoms. The highest BCUT2D eigenvalue weighted by atomic mass is 32.2. The van der Waals surface area contributed by atoms with Crippen LogP contribution in [-0.4, -0.2) is 81.3 Å². The van der Waals surface area contributed by atoms with Crippen molar-refractivity contribution in [3.05, 3.63) is 23.3 Å². The second-order valence-electron chi connectivity index (χ2n) is 6.97. The van der Waals surface area contributed by atoms with Gasteiger partial charge in [0, 0.05) is 30.7 Å². The minimum absolute atomic E-state index is 0.0210. The van der Waals surface area contributed by atoms with Crippen LogP contribution >= 0.6 is 11.8 Å². The summed E-state index contributed by atoms with van der Waals surface area (Å²) in [6.07, 6.45) is 1.77. The minimum Gasteiger partial charge on any atom is -0.507 e. The van der Waals surface area contributed by atoms with E-state index in [1.807, 2.05) is 0 Å². The molecule has 2 atom stereocenters. The number of benzene rings is 1. The van der Waals surface area contributed by atoms with E-state index in [0.29, 0.717) is 31.7 Å². The number of aromatic hydroxyl groups is 1. The molecule has 6 N–H and O–H groups in total. The average Bonchev–Trinajstić information content (AvgIpc) is 3.10. The van der Waals surface area contributed by atoms with E-state index >= 15 is 0 Å². The number of aromatic carboxylic acids is 1. The van der Waals surface area contributed by atoms with Gasteiger partial charge in [0.05, 0.1) is 7.11 Å². The lowest BCUT2D eigenvalue weighted by molar-refractivity contribution is -0.130. The van der Waals surface area contributed by atoms with Gasteiger partial charge in [0.2, 0.25) is 5.91 Å². The second-order valence-corrected chi connectivity index (χ2v) is 8.32. The number of rotatable bonds is 10. The molecule has 0 aromatic heterocycles. The monoisotopic (exact) mass is 426 g/mol. The number of hydrogen-bond donors (Lipinski definition) is 5. The molecule has 29 heavy (non-hydrogen) atoms. The van der Waals surface area contributed by atoms with Gasteiger partial charge >= 0.3 is 13.1 Å². The zero-order chi connectivity index (χ0) is 21.6. The average molecular weight is 426 g/mol. The Bertz CT molecular complexity index is 734. The van der Waals surface area contributed by atoms with Gasteiger partial charge in [-0.05, 0) is 36.6 Å². The summed E-state index contributed by atoms with van der Waals surface area (Å²) in [5.41, 5.74) is 5.71. The summed E-state index contributed by atoms with van der Waals surface area (Å²) >= 11 is 1.26. The molecular formula is C18H27BN2O7S. The lowest BCUT2D eigenvalue weighted by Gasteiger charge is -2.18. The SMILES string of the molecule is COc1ccc(C[C@H](SCCCC(=O)N2CCC(N)C2)B(O)O)c(O)c1C(=O)O. The van der Waals surface area contributed by atoms with E-state index in [1.165, 1.54) is 31.0 Å². The first kappa shape index (κ1) is 23.3. The van der Waals surface area contributed by atoms with Crippen LogP contribution in [-0.2, 0) is 11.2 Å². The molecule has 1 amide bonds. The van der Waals surface area contributed by atoms with Gasteiger partial charge in [-0.15, -0.1) is 0 Å². The van der Waals surface area contributed by atoms with Crippen LogP contribution in [0.15, 0.2) is 12.1 Å². The van der Waals surface area contributed by atoms with Crippen LogP contribution in [0.4, 0.5) is 0 Å². The third-order valence-electron chi connectivity index (χ3n) is 4.85. The van der Waals surface area contributed by atoms with Gasteiger partial charge in [-0.3, -0.25) is 4.79 Å². The van der Waals surface area contributed by atoms with E-state index in [-0.39, 0.29) is 35.2 Å². The standard InChI is InChI=1S/C18H27BN2O7S/c1-28-13-5-4-11(17(23)16(13)18(24)25)9-14(19(26)27)29-8-2-3-15(22)21-7-6-12(20)10-21/h4-5,12,14,23,26-27H,2-3,6-10,20H2,1H3,(H,24,25)/t12?,14-/m0/s1. The number of methoxy groups -OCH3 is 1. The molecule has 0 bridgehead atoms. The lowest BCUT2D eigenvalue weighted by atomic mass is 9.81. The number of likely N-dealkylation sites (tertiary alicyclic amines) is 1. The van der Waals surface area contributed by atoms with Crippen LogP contribution in [0.3, 0.4) is 0 Å². The van der Waals surface area contributed by atoms with Crippen LogP contribution in [0, 0.1) is 0 Å². The van der Waals surface area contributed by atoms with Crippen molar-refractivity contribution in [3.63, 3.8) is 0 Å². The van der Waals surface area contributed by atoms with Crippen LogP contribution < -0.4 is 10.5 Å². The van der Waals surface area contributed by atoms with Crippen molar-refractivity contribution >= 4 is 30.8 Å². The van der Waals surface area contributed by atoms with Gasteiger partial charge in [-0.2, -0.15) is 11.8 Å². The molecule has 11 heteroatoms. The number of carboxylic acids is 1. The molecule has 2 rings (SSSR count). The van der Waals surface area contributed by atoms with E-state index in [0.717, 1.165) is 6.42 Å². The van der Waals surface area contributed by atoms with Gasteiger partial charge in [-0.1, -0.05) is 6.07 Å². The molecule has 1 aliphatic rings. The Morgan fingerprint density at radius 1 is 1.41 bits per heavy atom. The fraction of sp³-hybridized carbons (Fsp3) is 0.556. The molecule has 1 fully saturated rings. The summed E-state index contributed by atoms with van der Waals surface area (Å²) in [4.78, 5) is 25.3. The van der Waals surface area contributed by atoms with Crippen LogP contribution in [0.1, 0.15) is 35.2 Å². The molecule has 160 valence electrons. The zero-order valence-corrected chi connectivity index (χ0v) is 17.1. The minimum atomic E-state index is -1.66. The third kappa shape index (κ3) is 6.27. The number of nitrogens with zero attached hydrogens (tertiary/aromatic N) is 1. The first-order valence-corrected chi connectivity index (χ1v) is 10.4. The van der Waals surface area contributed by atoms with Crippen LogP contribution in [0.2, 0.25) is 0 Å². The Kier molecular flexibility index (Phi) is 8.63. The number of carbonyl (C=O) groups excluding carboxylic acids is 1. The maximum atomic E-state index is 12.1. The van der Waals surface area contributed by atoms with Crippen molar-refractivity contribution in [3.8, 4) is 11.5 Å². The molecular weight excluding hydrogens is 399 g/mol. The molecule has 1 unspecified atom stereocenters. The molecule has 1 aromatic rings. The van der Waals surface area contributed by atoms with Gasteiger partial charge in [-0.25, -0.2) is 4.79 Å². The number of amides is 1. The van der Waals surface area contributed by atoms with Gasteiger partial charge in [0.25, 0.3) is 0 Å². The van der Waals surface area contributed by atoms with Crippen molar-refractivity contribution in [2.75, 3.05) is 26.0 Å². The van der Waals surface area contributed by atoms with Crippen LogP contribution in [0.25, 0.3) is 0 Å². The molecule has 9 nitrogen and oxygen atoms in total. The molecule has 1 aromatic carbocycles. The summed E-state index contributed by atoms with van der Waals surface area (Å²) in [5.74, 6) is -1.22. The third-order valence-corrected chi connectivity index (χ3v) is 6.22. The fourth-order valence-corrected chi connectivity index (χ4v) is 4.34. The number of carbonyl (C=O) groups is 2. The predicted molar refractivity (Wildman–Crippen MR) is 110 cm³/mol. The largest absolute Gasteiger partial charge is 0.507 e. The summed E-state index contributed by atoms with van der Waals surface area (Å²) in [6.45, 7) is 1.25. The van der Waals surface area contributed by atoms with Gasteiger partial charge < -0.3 is 35.6 Å². The Morgan fingerprint density at radius 2 is 2.14 bits per heavy atom. The Hall–Kier alpha value is -1.95. The Morgan fingerprint density at radius 3 is 2.69 bits per heavy atom. The van der Waals surface area contributed by atoms with E-state index in [9.17, 15) is 29.9 Å². The molecule has 0 radical (unpaired) electrons. The zero-order valence-electron chi connectivity index (χ0n) is 16.3. The molecule has 1 heterocycles. The smallest absolute Gasteiger partial charge is 0.465 e. The lowest BCUT2D eigenvalue weighted by Crippen LogP contribution is -2.32. The number of hydrogen-bond acceptors (Lipinski definition) is 8. The summed E-state index contributed by atoms with van der Waals surface area (Å²) in [6, 6.07) is 2.95. The number of carboxylic acid groups (broad SMARTS) is 1. The summed E-state index contributed by atoms with van der Waals surface area (Å²) < 4.78 is 4.96. The van der Waals surface area contributed by atoms with Gasteiger partial charge in [0.15, 0.2) is 0 Å². The van der Waals surface area contributed by atoms with Gasteiger partial charge in [0.1, 0.15) is 17.1 Å². The first-order valence-electron chi connectivity index (χ1n) is 9.37. The first-order chi connectivity index (χ1) is 13.7. The predicted octanol–water partition coefficient (Wildman–Crippen LogP) is 0.0951. The van der Waals surface area contributed by atoms with E-state index in [1.54, 1.807) is 4.90 Å². The molecule has 0 saturated carbocycles. The maximum Gasteiger partial charge on any atom is 0.465 e. The van der Waals surface area contributed by atoms with Crippen molar-refractivity contribution in [2.24, 2.45) is 5.73 Å². The summed E-state index contributed by atoms with van der Waals surface area (Å²) in [7, 11) is -0.365. The Labute approximate surface area is 174 Å². The van der Waals surface area contributed by atoms with Crippen molar-refractivity contribution in [2.45, 2.75) is 36.9 Å². The number of phenols is 1. The van der Waals surface area contributed by atoms with Crippen molar-refractivity contribution < 1.29 is 34.6 Å². The van der Waals surface area contributed by atoms with Crippen molar-refractivity contribution in [1.29, 1.82) is 0 Å².